The van der Waals surface area contributed by atoms with Gasteiger partial charge >= 0.3 is 0 Å². The molecule has 0 aliphatic rings. The highest BCUT2D eigenvalue weighted by molar-refractivity contribution is 5.98. The minimum absolute atomic E-state index is 0.118. The van der Waals surface area contributed by atoms with E-state index in [9.17, 15) is 4.79 Å². The lowest BCUT2D eigenvalue weighted by Crippen LogP contribution is -2.22. The van der Waals surface area contributed by atoms with Gasteiger partial charge in [-0.2, -0.15) is 0 Å². The number of nitrogens with one attached hydrogen (secondary N) is 1. The predicted molar refractivity (Wildman–Crippen MR) is 134 cm³/mol. The van der Waals surface area contributed by atoms with Crippen LogP contribution < -0.4 is 19.5 Å². The molecule has 7 heteroatoms. The third-order valence-corrected chi connectivity index (χ3v) is 5.69. The summed E-state index contributed by atoms with van der Waals surface area (Å²) in [4.78, 5) is 21.2. The van der Waals surface area contributed by atoms with Crippen LogP contribution in [0.2, 0.25) is 0 Å². The maximum absolute atomic E-state index is 12.6. The normalized spacial score (nSPS) is 10.8. The van der Waals surface area contributed by atoms with Gasteiger partial charge in [0, 0.05) is 18.2 Å². The Morgan fingerprint density at radius 3 is 2.37 bits per heavy atom. The van der Waals surface area contributed by atoms with Gasteiger partial charge in [-0.25, -0.2) is 9.97 Å². The van der Waals surface area contributed by atoms with Crippen LogP contribution in [0.15, 0.2) is 85.2 Å². The van der Waals surface area contributed by atoms with Crippen LogP contribution in [0, 0.1) is 0 Å². The van der Waals surface area contributed by atoms with E-state index in [2.05, 4.69) is 15.3 Å². The van der Waals surface area contributed by atoms with Crippen molar-refractivity contribution in [2.75, 3.05) is 14.2 Å². The SMILES string of the molecule is COc1cc2ncnc(Oc3ccc4cc(C(=O)NCc5ccccc5)ccc4c3)c2cc1OC. The van der Waals surface area contributed by atoms with Crippen LogP contribution in [-0.4, -0.2) is 30.1 Å². The van der Waals surface area contributed by atoms with E-state index in [4.69, 9.17) is 14.2 Å². The Hall–Kier alpha value is -4.65. The fraction of sp³-hybridized carbons (Fsp3) is 0.107. The fourth-order valence-electron chi connectivity index (χ4n) is 3.86. The first-order valence-corrected chi connectivity index (χ1v) is 11.0. The highest BCUT2D eigenvalue weighted by Gasteiger charge is 2.13. The van der Waals surface area contributed by atoms with Crippen LogP contribution in [0.25, 0.3) is 21.7 Å². The van der Waals surface area contributed by atoms with Crippen molar-refractivity contribution in [3.05, 3.63) is 96.3 Å². The highest BCUT2D eigenvalue weighted by atomic mass is 16.5. The molecule has 0 aliphatic heterocycles. The number of carbonyl (C=O) groups excluding carboxylic acids is 1. The van der Waals surface area contributed by atoms with Crippen molar-refractivity contribution < 1.29 is 19.0 Å². The summed E-state index contributed by atoms with van der Waals surface area (Å²) in [6, 6.07) is 24.7. The molecule has 174 valence electrons. The minimum atomic E-state index is -0.118. The zero-order valence-corrected chi connectivity index (χ0v) is 19.3. The Morgan fingerprint density at radius 1 is 0.829 bits per heavy atom. The van der Waals surface area contributed by atoms with Gasteiger partial charge in [0.25, 0.3) is 5.91 Å². The zero-order valence-electron chi connectivity index (χ0n) is 19.3. The second kappa shape index (κ2) is 9.69. The van der Waals surface area contributed by atoms with Gasteiger partial charge in [-0.05, 0) is 46.7 Å². The third-order valence-electron chi connectivity index (χ3n) is 5.69. The standard InChI is InChI=1S/C28H23N3O4/c1-33-25-14-23-24(15-26(25)34-2)30-17-31-28(23)35-22-11-10-19-12-21(9-8-20(19)13-22)27(32)29-16-18-6-4-3-5-7-18/h3-15,17H,16H2,1-2H3,(H,29,32). The number of hydrogen-bond donors (Lipinski definition) is 1. The Labute approximate surface area is 202 Å². The fourth-order valence-corrected chi connectivity index (χ4v) is 3.86. The van der Waals surface area contributed by atoms with E-state index in [1.165, 1.54) is 6.33 Å². The molecule has 5 rings (SSSR count). The molecule has 5 aromatic rings. The Bertz CT molecular complexity index is 1520. The number of nitrogens with zero attached hydrogens (tertiary/aromatic N) is 2. The van der Waals surface area contributed by atoms with Gasteiger partial charge in [-0.15, -0.1) is 0 Å². The number of amides is 1. The number of carbonyl (C=O) groups is 1. The second-order valence-electron chi connectivity index (χ2n) is 7.90. The summed E-state index contributed by atoms with van der Waals surface area (Å²) < 4.78 is 16.9. The van der Waals surface area contributed by atoms with Crippen molar-refractivity contribution in [3.63, 3.8) is 0 Å². The van der Waals surface area contributed by atoms with Crippen molar-refractivity contribution >= 4 is 27.6 Å². The maximum atomic E-state index is 12.6. The Kier molecular flexibility index (Phi) is 6.13. The van der Waals surface area contributed by atoms with E-state index < -0.39 is 0 Å². The second-order valence-corrected chi connectivity index (χ2v) is 7.90. The van der Waals surface area contributed by atoms with E-state index in [0.717, 1.165) is 16.3 Å². The summed E-state index contributed by atoms with van der Waals surface area (Å²) in [6.45, 7) is 0.480. The summed E-state index contributed by atoms with van der Waals surface area (Å²) in [7, 11) is 3.16. The molecule has 1 amide bonds. The van der Waals surface area contributed by atoms with E-state index in [-0.39, 0.29) is 5.91 Å². The predicted octanol–water partition coefficient (Wildman–Crippen LogP) is 5.52. The van der Waals surface area contributed by atoms with Gasteiger partial charge < -0.3 is 19.5 Å². The molecule has 0 fully saturated rings. The molecular formula is C28H23N3O4. The van der Waals surface area contributed by atoms with Crippen LogP contribution in [0.4, 0.5) is 0 Å². The monoisotopic (exact) mass is 465 g/mol. The van der Waals surface area contributed by atoms with Gasteiger partial charge in [-0.3, -0.25) is 4.79 Å². The molecule has 7 nitrogen and oxygen atoms in total. The molecule has 1 heterocycles. The van der Waals surface area contributed by atoms with Crippen LogP contribution in [0.3, 0.4) is 0 Å². The third kappa shape index (κ3) is 4.70. The molecule has 0 aliphatic carbocycles. The summed E-state index contributed by atoms with van der Waals surface area (Å²) >= 11 is 0. The van der Waals surface area contributed by atoms with Crippen molar-refractivity contribution in [1.29, 1.82) is 0 Å². The number of fused-ring (bicyclic) bond motifs is 2. The number of ether oxygens (including phenoxy) is 3. The van der Waals surface area contributed by atoms with E-state index in [1.807, 2.05) is 66.7 Å². The van der Waals surface area contributed by atoms with Gasteiger partial charge in [-0.1, -0.05) is 42.5 Å². The van der Waals surface area contributed by atoms with E-state index >= 15 is 0 Å². The average molecular weight is 466 g/mol. The summed E-state index contributed by atoms with van der Waals surface area (Å²) in [5, 5.41) is 5.54. The molecule has 1 N–H and O–H groups in total. The highest BCUT2D eigenvalue weighted by Crippen LogP contribution is 2.36. The lowest BCUT2D eigenvalue weighted by atomic mass is 10.1. The molecule has 0 atom stereocenters. The average Bonchev–Trinajstić information content (AvgIpc) is 2.91. The first-order valence-electron chi connectivity index (χ1n) is 11.0. The first kappa shape index (κ1) is 22.2. The van der Waals surface area contributed by atoms with Gasteiger partial charge in [0.05, 0.1) is 25.1 Å². The molecule has 0 saturated carbocycles. The van der Waals surface area contributed by atoms with Crippen molar-refractivity contribution in [2.24, 2.45) is 0 Å². The molecule has 4 aromatic carbocycles. The molecule has 0 radical (unpaired) electrons. The first-order chi connectivity index (χ1) is 17.1. The topological polar surface area (TPSA) is 82.6 Å². The number of hydrogen-bond acceptors (Lipinski definition) is 6. The smallest absolute Gasteiger partial charge is 0.251 e. The molecule has 1 aromatic heterocycles. The van der Waals surface area contributed by atoms with Crippen LogP contribution >= 0.6 is 0 Å². The Balaban J connectivity index is 1.37. The van der Waals surface area contributed by atoms with Gasteiger partial charge in [0.1, 0.15) is 12.1 Å². The lowest BCUT2D eigenvalue weighted by Gasteiger charge is -2.12. The van der Waals surface area contributed by atoms with Crippen molar-refractivity contribution in [2.45, 2.75) is 6.54 Å². The number of aromatic nitrogens is 2. The molecular weight excluding hydrogens is 442 g/mol. The largest absolute Gasteiger partial charge is 0.493 e. The summed E-state index contributed by atoms with van der Waals surface area (Å²) in [5.41, 5.74) is 2.33. The number of benzene rings is 4. The molecule has 0 spiro atoms. The molecule has 0 unspecified atom stereocenters. The number of methoxy groups -OCH3 is 2. The molecule has 35 heavy (non-hydrogen) atoms. The summed E-state index contributed by atoms with van der Waals surface area (Å²) in [5.74, 6) is 2.06. The Morgan fingerprint density at radius 2 is 1.57 bits per heavy atom. The maximum Gasteiger partial charge on any atom is 0.251 e. The number of rotatable bonds is 7. The van der Waals surface area contributed by atoms with Crippen LogP contribution in [0.5, 0.6) is 23.1 Å². The zero-order chi connectivity index (χ0) is 24.2. The van der Waals surface area contributed by atoms with E-state index in [1.54, 1.807) is 26.4 Å². The molecule has 0 bridgehead atoms. The lowest BCUT2D eigenvalue weighted by molar-refractivity contribution is 0.0951. The quantitative estimate of drug-likeness (QED) is 0.341. The van der Waals surface area contributed by atoms with Crippen molar-refractivity contribution in [1.82, 2.24) is 15.3 Å². The van der Waals surface area contributed by atoms with Crippen molar-refractivity contribution in [3.8, 4) is 23.1 Å². The van der Waals surface area contributed by atoms with E-state index in [0.29, 0.717) is 46.1 Å². The van der Waals surface area contributed by atoms with Crippen LogP contribution in [-0.2, 0) is 6.54 Å². The van der Waals surface area contributed by atoms with Gasteiger partial charge in [0.2, 0.25) is 5.88 Å². The minimum Gasteiger partial charge on any atom is -0.493 e. The van der Waals surface area contributed by atoms with Gasteiger partial charge in [0.15, 0.2) is 11.5 Å². The summed E-state index contributed by atoms with van der Waals surface area (Å²) in [6.07, 6.45) is 1.45. The molecule has 0 saturated heterocycles. The van der Waals surface area contributed by atoms with Crippen LogP contribution in [0.1, 0.15) is 15.9 Å².